The highest BCUT2D eigenvalue weighted by molar-refractivity contribution is 9.10. The predicted octanol–water partition coefficient (Wildman–Crippen LogP) is 4.20. The highest BCUT2D eigenvalue weighted by atomic mass is 79.9. The molecule has 104 valence electrons. The first kappa shape index (κ1) is 13.7. The molecule has 0 spiro atoms. The maximum absolute atomic E-state index is 4.69. The van der Waals surface area contributed by atoms with Crippen molar-refractivity contribution in [3.8, 4) is 0 Å². The molecule has 0 radical (unpaired) electrons. The molecule has 2 unspecified atom stereocenters. The summed E-state index contributed by atoms with van der Waals surface area (Å²) < 4.78 is 0.907. The van der Waals surface area contributed by atoms with E-state index in [9.17, 15) is 0 Å². The molecule has 19 heavy (non-hydrogen) atoms. The number of nitrogens with one attached hydrogen (secondary N) is 1. The zero-order valence-electron chi connectivity index (χ0n) is 11.2. The van der Waals surface area contributed by atoms with E-state index in [-0.39, 0.29) is 0 Å². The molecule has 3 nitrogen and oxygen atoms in total. The summed E-state index contributed by atoms with van der Waals surface area (Å²) in [4.78, 5) is 9.18. The molecule has 2 atom stereocenters. The van der Waals surface area contributed by atoms with E-state index in [0.29, 0.717) is 12.0 Å². The minimum atomic E-state index is 0.568. The zero-order chi connectivity index (χ0) is 13.2. The standard InChI is InChI=1S/C14H20BrN3S/c1-2-19-11-5-3-4-10(11)16-13-8-12(15)17-14(18-13)9-6-7-9/h8-11H,2-7H2,1H3,(H,16,17,18). The summed E-state index contributed by atoms with van der Waals surface area (Å²) in [5.74, 6) is 3.80. The third-order valence-electron chi connectivity index (χ3n) is 3.82. The summed E-state index contributed by atoms with van der Waals surface area (Å²) in [7, 11) is 0. The van der Waals surface area contributed by atoms with Crippen molar-refractivity contribution in [2.45, 2.75) is 56.2 Å². The molecule has 0 saturated heterocycles. The predicted molar refractivity (Wildman–Crippen MR) is 84.9 cm³/mol. The summed E-state index contributed by atoms with van der Waals surface area (Å²) >= 11 is 5.58. The average Bonchev–Trinajstić information content (AvgIpc) is 3.14. The Kier molecular flexibility index (Phi) is 4.32. The maximum atomic E-state index is 4.69. The highest BCUT2D eigenvalue weighted by Crippen LogP contribution is 2.39. The Morgan fingerprint density at radius 2 is 2.16 bits per heavy atom. The van der Waals surface area contributed by atoms with Gasteiger partial charge in [0.2, 0.25) is 0 Å². The Hall–Kier alpha value is -0.290. The summed E-state index contributed by atoms with van der Waals surface area (Å²) in [6, 6.07) is 2.58. The number of hydrogen-bond acceptors (Lipinski definition) is 4. The second kappa shape index (κ2) is 6.00. The van der Waals surface area contributed by atoms with Gasteiger partial charge < -0.3 is 5.32 Å². The molecule has 0 aliphatic heterocycles. The molecule has 2 aliphatic rings. The molecule has 2 saturated carbocycles. The lowest BCUT2D eigenvalue weighted by molar-refractivity contribution is 0.757. The van der Waals surface area contributed by atoms with Gasteiger partial charge in [-0.05, 0) is 47.4 Å². The second-order valence-corrected chi connectivity index (χ2v) is 7.71. The van der Waals surface area contributed by atoms with Gasteiger partial charge in [-0.15, -0.1) is 0 Å². The zero-order valence-corrected chi connectivity index (χ0v) is 13.6. The molecule has 1 N–H and O–H groups in total. The molecule has 0 amide bonds. The molecule has 0 aromatic carbocycles. The van der Waals surface area contributed by atoms with Crippen LogP contribution in [-0.2, 0) is 0 Å². The van der Waals surface area contributed by atoms with Gasteiger partial charge >= 0.3 is 0 Å². The molecule has 1 aromatic heterocycles. The van der Waals surface area contributed by atoms with E-state index in [0.717, 1.165) is 21.5 Å². The van der Waals surface area contributed by atoms with E-state index in [1.54, 1.807) is 0 Å². The van der Waals surface area contributed by atoms with Crippen LogP contribution in [0.25, 0.3) is 0 Å². The van der Waals surface area contributed by atoms with Crippen molar-refractivity contribution in [3.05, 3.63) is 16.5 Å². The smallest absolute Gasteiger partial charge is 0.135 e. The summed E-state index contributed by atoms with van der Waals surface area (Å²) in [6.07, 6.45) is 6.41. The van der Waals surface area contributed by atoms with Crippen LogP contribution in [-0.4, -0.2) is 27.0 Å². The van der Waals surface area contributed by atoms with Gasteiger partial charge in [0, 0.05) is 23.3 Å². The number of nitrogens with zero attached hydrogens (tertiary/aromatic N) is 2. The topological polar surface area (TPSA) is 37.8 Å². The Morgan fingerprint density at radius 1 is 1.32 bits per heavy atom. The number of anilines is 1. The third-order valence-corrected chi connectivity index (χ3v) is 5.55. The second-order valence-electron chi connectivity index (χ2n) is 5.38. The third kappa shape index (κ3) is 3.43. The van der Waals surface area contributed by atoms with Gasteiger partial charge in [0.25, 0.3) is 0 Å². The van der Waals surface area contributed by atoms with Crippen molar-refractivity contribution in [1.82, 2.24) is 9.97 Å². The Bertz CT molecular complexity index is 450. The van der Waals surface area contributed by atoms with Gasteiger partial charge in [-0.1, -0.05) is 13.3 Å². The lowest BCUT2D eigenvalue weighted by Crippen LogP contribution is -2.26. The Morgan fingerprint density at radius 3 is 2.89 bits per heavy atom. The van der Waals surface area contributed by atoms with Crippen LogP contribution >= 0.6 is 27.7 Å². The van der Waals surface area contributed by atoms with E-state index in [2.05, 4.69) is 44.9 Å². The van der Waals surface area contributed by atoms with Crippen molar-refractivity contribution < 1.29 is 0 Å². The fraction of sp³-hybridized carbons (Fsp3) is 0.714. The molecule has 5 heteroatoms. The van der Waals surface area contributed by atoms with Crippen LogP contribution in [0.15, 0.2) is 10.7 Å². The number of rotatable bonds is 5. The SMILES string of the molecule is CCSC1CCCC1Nc1cc(Br)nc(C2CC2)n1. The van der Waals surface area contributed by atoms with E-state index in [1.165, 1.54) is 37.9 Å². The maximum Gasteiger partial charge on any atom is 0.135 e. The van der Waals surface area contributed by atoms with Crippen LogP contribution in [0.3, 0.4) is 0 Å². The fourth-order valence-corrected chi connectivity index (χ4v) is 4.32. The molecule has 2 aliphatic carbocycles. The first-order valence-corrected chi connectivity index (χ1v) is 9.03. The summed E-state index contributed by atoms with van der Waals surface area (Å²) in [5.41, 5.74) is 0. The van der Waals surface area contributed by atoms with Crippen molar-refractivity contribution in [1.29, 1.82) is 0 Å². The van der Waals surface area contributed by atoms with Crippen LogP contribution in [0.4, 0.5) is 5.82 Å². The fourth-order valence-electron chi connectivity index (χ4n) is 2.73. The van der Waals surface area contributed by atoms with E-state index in [4.69, 9.17) is 4.98 Å². The van der Waals surface area contributed by atoms with Crippen molar-refractivity contribution in [3.63, 3.8) is 0 Å². The first-order chi connectivity index (χ1) is 9.26. The Balaban J connectivity index is 1.71. The van der Waals surface area contributed by atoms with Gasteiger partial charge in [-0.3, -0.25) is 0 Å². The first-order valence-electron chi connectivity index (χ1n) is 7.19. The van der Waals surface area contributed by atoms with E-state index < -0.39 is 0 Å². The van der Waals surface area contributed by atoms with Crippen LogP contribution in [0, 0.1) is 0 Å². The average molecular weight is 342 g/mol. The Labute approximate surface area is 127 Å². The van der Waals surface area contributed by atoms with Crippen LogP contribution in [0.2, 0.25) is 0 Å². The normalized spacial score (nSPS) is 26.6. The molecule has 0 bridgehead atoms. The molecule has 2 fully saturated rings. The van der Waals surface area contributed by atoms with Gasteiger partial charge in [-0.25, -0.2) is 9.97 Å². The molecular weight excluding hydrogens is 322 g/mol. The number of halogens is 1. The number of thioether (sulfide) groups is 1. The van der Waals surface area contributed by atoms with Gasteiger partial charge in [0.05, 0.1) is 0 Å². The van der Waals surface area contributed by atoms with Crippen LogP contribution in [0.1, 0.15) is 50.8 Å². The van der Waals surface area contributed by atoms with Crippen LogP contribution < -0.4 is 5.32 Å². The van der Waals surface area contributed by atoms with Gasteiger partial charge in [0.15, 0.2) is 0 Å². The van der Waals surface area contributed by atoms with Crippen molar-refractivity contribution in [2.24, 2.45) is 0 Å². The highest BCUT2D eigenvalue weighted by Gasteiger charge is 2.29. The lowest BCUT2D eigenvalue weighted by Gasteiger charge is -2.21. The molecular formula is C14H20BrN3S. The quantitative estimate of drug-likeness (QED) is 0.814. The lowest BCUT2D eigenvalue weighted by atomic mass is 10.2. The van der Waals surface area contributed by atoms with Crippen LogP contribution in [0.5, 0.6) is 0 Å². The molecule has 3 rings (SSSR count). The van der Waals surface area contributed by atoms with Crippen molar-refractivity contribution >= 4 is 33.5 Å². The number of hydrogen-bond donors (Lipinski definition) is 1. The van der Waals surface area contributed by atoms with Crippen molar-refractivity contribution in [2.75, 3.05) is 11.1 Å². The van der Waals surface area contributed by atoms with E-state index in [1.807, 2.05) is 6.07 Å². The van der Waals surface area contributed by atoms with Gasteiger partial charge in [-0.2, -0.15) is 11.8 Å². The summed E-state index contributed by atoms with van der Waals surface area (Å²) in [6.45, 7) is 2.24. The summed E-state index contributed by atoms with van der Waals surface area (Å²) in [5, 5.41) is 4.38. The van der Waals surface area contributed by atoms with Gasteiger partial charge in [0.1, 0.15) is 16.2 Å². The van der Waals surface area contributed by atoms with E-state index >= 15 is 0 Å². The molecule has 1 aromatic rings. The molecule has 1 heterocycles. The minimum Gasteiger partial charge on any atom is -0.366 e. The largest absolute Gasteiger partial charge is 0.366 e. The number of aromatic nitrogens is 2. The minimum absolute atomic E-state index is 0.568. The monoisotopic (exact) mass is 341 g/mol.